The van der Waals surface area contributed by atoms with Gasteiger partial charge in [-0.2, -0.15) is 5.10 Å². The van der Waals surface area contributed by atoms with Crippen molar-refractivity contribution in [1.82, 2.24) is 15.1 Å². The van der Waals surface area contributed by atoms with Crippen LogP contribution in [0.3, 0.4) is 0 Å². The summed E-state index contributed by atoms with van der Waals surface area (Å²) < 4.78 is 32.7. The van der Waals surface area contributed by atoms with E-state index in [4.69, 9.17) is 4.74 Å². The number of hydrogen-bond donors (Lipinski definition) is 1. The molecule has 0 saturated heterocycles. The van der Waals surface area contributed by atoms with E-state index in [1.165, 1.54) is 16.8 Å². The summed E-state index contributed by atoms with van der Waals surface area (Å²) >= 11 is 0. The Labute approximate surface area is 126 Å². The third-order valence-corrected chi connectivity index (χ3v) is 3.10. The Morgan fingerprint density at radius 2 is 2.05 bits per heavy atom. The summed E-state index contributed by atoms with van der Waals surface area (Å²) in [7, 11) is 1.59. The summed E-state index contributed by atoms with van der Waals surface area (Å²) in [5.74, 6) is -1.89. The second kappa shape index (κ2) is 7.24. The van der Waals surface area contributed by atoms with Crippen molar-refractivity contribution in [2.75, 3.05) is 20.3 Å². The molecule has 1 heterocycles. The predicted octanol–water partition coefficient (Wildman–Crippen LogP) is 1.56. The molecule has 22 heavy (non-hydrogen) atoms. The molecule has 0 unspecified atom stereocenters. The number of aromatic nitrogens is 2. The summed E-state index contributed by atoms with van der Waals surface area (Å²) in [6, 6.07) is 4.90. The van der Waals surface area contributed by atoms with E-state index in [1.807, 2.05) is 0 Å². The third-order valence-electron chi connectivity index (χ3n) is 3.10. The number of methoxy groups -OCH3 is 1. The van der Waals surface area contributed by atoms with Gasteiger partial charge in [-0.3, -0.25) is 4.79 Å². The number of nitrogens with one attached hydrogen (secondary N) is 1. The molecule has 2 rings (SSSR count). The molecule has 0 spiro atoms. The zero-order valence-electron chi connectivity index (χ0n) is 12.4. The van der Waals surface area contributed by atoms with Crippen molar-refractivity contribution < 1.29 is 13.5 Å². The smallest absolute Gasteiger partial charge is 0.204 e. The first-order valence-corrected chi connectivity index (χ1v) is 6.78. The van der Waals surface area contributed by atoms with Gasteiger partial charge in [-0.15, -0.1) is 0 Å². The molecular weight excluding hydrogens is 292 g/mol. The van der Waals surface area contributed by atoms with Crippen molar-refractivity contribution in [2.24, 2.45) is 0 Å². The van der Waals surface area contributed by atoms with Crippen LogP contribution in [-0.4, -0.2) is 30.0 Å². The molecule has 2 aromatic rings. The van der Waals surface area contributed by atoms with Crippen LogP contribution in [0.25, 0.3) is 5.69 Å². The molecule has 0 aliphatic rings. The Morgan fingerprint density at radius 1 is 1.27 bits per heavy atom. The first-order valence-electron chi connectivity index (χ1n) is 6.78. The van der Waals surface area contributed by atoms with E-state index in [-0.39, 0.29) is 12.0 Å². The van der Waals surface area contributed by atoms with Crippen molar-refractivity contribution in [3.63, 3.8) is 0 Å². The minimum absolute atomic E-state index is 0.207. The molecule has 1 N–H and O–H groups in total. The molecule has 0 fully saturated rings. The minimum atomic E-state index is -0.961. The average Bonchev–Trinajstić information content (AvgIpc) is 2.48. The Morgan fingerprint density at radius 3 is 2.73 bits per heavy atom. The first-order chi connectivity index (χ1) is 10.5. The van der Waals surface area contributed by atoms with Gasteiger partial charge in [0.05, 0.1) is 12.3 Å². The second-order valence-electron chi connectivity index (χ2n) is 4.78. The van der Waals surface area contributed by atoms with E-state index in [1.54, 1.807) is 14.0 Å². The summed E-state index contributed by atoms with van der Waals surface area (Å²) in [5, 5.41) is 7.25. The van der Waals surface area contributed by atoms with Crippen molar-refractivity contribution in [3.8, 4) is 5.69 Å². The fourth-order valence-electron chi connectivity index (χ4n) is 1.96. The number of hydrogen-bond acceptors (Lipinski definition) is 4. The molecule has 0 aliphatic heterocycles. The van der Waals surface area contributed by atoms with E-state index in [0.717, 1.165) is 12.1 Å². The number of ether oxygens (including phenoxy) is 1. The van der Waals surface area contributed by atoms with E-state index in [9.17, 15) is 13.6 Å². The number of benzene rings is 1. The van der Waals surface area contributed by atoms with Crippen molar-refractivity contribution >= 4 is 0 Å². The molecule has 0 saturated carbocycles. The number of aryl methyl sites for hydroxylation is 1. The molecular formula is C15H17F2N3O2. The zero-order chi connectivity index (χ0) is 16.1. The van der Waals surface area contributed by atoms with Gasteiger partial charge < -0.3 is 10.1 Å². The molecule has 0 bridgehead atoms. The van der Waals surface area contributed by atoms with Gasteiger partial charge in [0.15, 0.2) is 11.6 Å². The summed E-state index contributed by atoms with van der Waals surface area (Å²) in [6.45, 7) is 3.05. The topological polar surface area (TPSA) is 56.1 Å². The van der Waals surface area contributed by atoms with Crippen molar-refractivity contribution in [2.45, 2.75) is 13.5 Å². The van der Waals surface area contributed by atoms with Crippen LogP contribution in [0.2, 0.25) is 0 Å². The SMILES string of the molecule is COCCNCc1nn(-c2ccc(F)c(F)c2)c(C)cc1=O. The van der Waals surface area contributed by atoms with Crippen LogP contribution in [0.1, 0.15) is 11.4 Å². The van der Waals surface area contributed by atoms with Crippen LogP contribution < -0.4 is 10.7 Å². The predicted molar refractivity (Wildman–Crippen MR) is 78.1 cm³/mol. The van der Waals surface area contributed by atoms with Crippen LogP contribution in [0.4, 0.5) is 8.78 Å². The summed E-state index contributed by atoms with van der Waals surface area (Å²) in [6.07, 6.45) is 0. The summed E-state index contributed by atoms with van der Waals surface area (Å²) in [5.41, 5.74) is 0.985. The maximum atomic E-state index is 13.4. The van der Waals surface area contributed by atoms with Crippen LogP contribution in [-0.2, 0) is 11.3 Å². The van der Waals surface area contributed by atoms with Crippen LogP contribution in [0, 0.1) is 18.6 Å². The molecule has 7 heteroatoms. The fraction of sp³-hybridized carbons (Fsp3) is 0.333. The third kappa shape index (κ3) is 3.75. The van der Waals surface area contributed by atoms with Crippen LogP contribution >= 0.6 is 0 Å². The van der Waals surface area contributed by atoms with Gasteiger partial charge in [-0.25, -0.2) is 13.5 Å². The number of rotatable bonds is 6. The standard InChI is InChI=1S/C15H17F2N3O2/c1-10-7-15(21)14(9-18-5-6-22-2)19-20(10)11-3-4-12(16)13(17)8-11/h3-4,7-8,18H,5-6,9H2,1-2H3. The van der Waals surface area contributed by atoms with E-state index >= 15 is 0 Å². The summed E-state index contributed by atoms with van der Waals surface area (Å²) in [4.78, 5) is 11.9. The second-order valence-corrected chi connectivity index (χ2v) is 4.78. The lowest BCUT2D eigenvalue weighted by atomic mass is 10.2. The van der Waals surface area contributed by atoms with Gasteiger partial charge in [-0.05, 0) is 19.1 Å². The lowest BCUT2D eigenvalue weighted by Crippen LogP contribution is -2.26. The Balaban J connectivity index is 2.31. The highest BCUT2D eigenvalue weighted by molar-refractivity contribution is 5.33. The number of nitrogens with zero attached hydrogens (tertiary/aromatic N) is 2. The first kappa shape index (κ1) is 16.3. The van der Waals surface area contributed by atoms with Gasteiger partial charge in [0.2, 0.25) is 5.43 Å². The molecule has 0 aliphatic carbocycles. The lowest BCUT2D eigenvalue weighted by Gasteiger charge is -2.12. The molecule has 118 valence electrons. The average molecular weight is 309 g/mol. The number of halogens is 2. The van der Waals surface area contributed by atoms with Crippen molar-refractivity contribution in [3.05, 3.63) is 57.5 Å². The molecule has 5 nitrogen and oxygen atoms in total. The molecule has 0 atom stereocenters. The minimum Gasteiger partial charge on any atom is -0.383 e. The van der Waals surface area contributed by atoms with Gasteiger partial charge in [0.1, 0.15) is 5.69 Å². The quantitative estimate of drug-likeness (QED) is 0.823. The highest BCUT2D eigenvalue weighted by Gasteiger charge is 2.10. The Kier molecular flexibility index (Phi) is 5.35. The van der Waals surface area contributed by atoms with Crippen molar-refractivity contribution in [1.29, 1.82) is 0 Å². The monoisotopic (exact) mass is 309 g/mol. The van der Waals surface area contributed by atoms with Crippen LogP contribution in [0.5, 0.6) is 0 Å². The fourth-order valence-corrected chi connectivity index (χ4v) is 1.96. The Bertz CT molecular complexity index is 716. The molecule has 0 radical (unpaired) electrons. The van der Waals surface area contributed by atoms with Crippen LogP contribution in [0.15, 0.2) is 29.1 Å². The van der Waals surface area contributed by atoms with E-state index < -0.39 is 11.6 Å². The highest BCUT2D eigenvalue weighted by atomic mass is 19.2. The van der Waals surface area contributed by atoms with Gasteiger partial charge in [0, 0.05) is 38.0 Å². The lowest BCUT2D eigenvalue weighted by molar-refractivity contribution is 0.199. The van der Waals surface area contributed by atoms with E-state index in [2.05, 4.69) is 10.4 Å². The largest absolute Gasteiger partial charge is 0.383 e. The van der Waals surface area contributed by atoms with Gasteiger partial charge in [0.25, 0.3) is 0 Å². The normalized spacial score (nSPS) is 10.9. The van der Waals surface area contributed by atoms with Gasteiger partial charge in [-0.1, -0.05) is 0 Å². The zero-order valence-corrected chi connectivity index (χ0v) is 12.4. The maximum absolute atomic E-state index is 13.4. The molecule has 1 aromatic heterocycles. The Hall–Kier alpha value is -2.12. The van der Waals surface area contributed by atoms with Gasteiger partial charge >= 0.3 is 0 Å². The highest BCUT2D eigenvalue weighted by Crippen LogP contribution is 2.13. The maximum Gasteiger partial charge on any atom is 0.204 e. The molecule has 0 amide bonds. The molecule has 1 aromatic carbocycles. The van der Waals surface area contributed by atoms with E-state index in [0.29, 0.717) is 30.2 Å².